The maximum atomic E-state index is 14.5. The summed E-state index contributed by atoms with van der Waals surface area (Å²) in [6.07, 6.45) is -4.24. The van der Waals surface area contributed by atoms with Crippen LogP contribution in [0.25, 0.3) is 0 Å². The first kappa shape index (κ1) is 27.6. The molecular formula is C27H33F4N3O2. The standard InChI is InChI=1S/C27H33F4N3O2/c1-17-12-21(25(36)32-2)23(28)14-19(17)13-20(34(3)4)16-33-24(35)15-22(18-8-6-5-7-9-18)26(10-11-26)27(29,30)31/h5-9,12,14,20,22H,10-11,13,15-16H2,1-4H3,(H,32,36)(H,33,35)/t20-,22+/m0/s1. The number of benzene rings is 2. The second kappa shape index (κ2) is 11.0. The number of nitrogens with one attached hydrogen (secondary N) is 2. The Labute approximate surface area is 209 Å². The van der Waals surface area contributed by atoms with Crippen LogP contribution in [0, 0.1) is 18.2 Å². The van der Waals surface area contributed by atoms with E-state index in [2.05, 4.69) is 10.6 Å². The number of aryl methyl sites for hydroxylation is 1. The fourth-order valence-corrected chi connectivity index (χ4v) is 4.71. The van der Waals surface area contributed by atoms with Crippen LogP contribution < -0.4 is 10.6 Å². The number of amides is 2. The summed E-state index contributed by atoms with van der Waals surface area (Å²) in [5.74, 6) is -2.56. The number of hydrogen-bond donors (Lipinski definition) is 2. The van der Waals surface area contributed by atoms with E-state index in [4.69, 9.17) is 0 Å². The maximum absolute atomic E-state index is 14.5. The third-order valence-corrected chi connectivity index (χ3v) is 7.23. The number of rotatable bonds is 10. The minimum atomic E-state index is -4.39. The lowest BCUT2D eigenvalue weighted by molar-refractivity contribution is -0.194. The van der Waals surface area contributed by atoms with E-state index in [1.807, 2.05) is 19.0 Å². The Balaban J connectivity index is 1.71. The number of alkyl halides is 3. The van der Waals surface area contributed by atoms with Crippen molar-refractivity contribution < 1.29 is 27.2 Å². The van der Waals surface area contributed by atoms with Crippen molar-refractivity contribution in [3.8, 4) is 0 Å². The molecule has 0 spiro atoms. The summed E-state index contributed by atoms with van der Waals surface area (Å²) in [5, 5.41) is 5.21. The molecule has 2 N–H and O–H groups in total. The summed E-state index contributed by atoms with van der Waals surface area (Å²) in [5.41, 5.74) is 0.0174. The van der Waals surface area contributed by atoms with E-state index in [1.54, 1.807) is 37.3 Å². The molecule has 0 aliphatic heterocycles. The van der Waals surface area contributed by atoms with Gasteiger partial charge in [0, 0.05) is 32.0 Å². The van der Waals surface area contributed by atoms with Gasteiger partial charge in [0.25, 0.3) is 5.91 Å². The molecule has 196 valence electrons. The first-order chi connectivity index (χ1) is 16.9. The van der Waals surface area contributed by atoms with Crippen LogP contribution in [0.4, 0.5) is 17.6 Å². The van der Waals surface area contributed by atoms with Crippen LogP contribution in [0.2, 0.25) is 0 Å². The third kappa shape index (κ3) is 6.06. The van der Waals surface area contributed by atoms with Crippen LogP contribution in [0.1, 0.15) is 52.2 Å². The third-order valence-electron chi connectivity index (χ3n) is 7.23. The Morgan fingerprint density at radius 3 is 2.28 bits per heavy atom. The highest BCUT2D eigenvalue weighted by atomic mass is 19.4. The topological polar surface area (TPSA) is 61.4 Å². The Morgan fingerprint density at radius 2 is 1.75 bits per heavy atom. The van der Waals surface area contributed by atoms with Gasteiger partial charge in [-0.25, -0.2) is 4.39 Å². The van der Waals surface area contributed by atoms with Gasteiger partial charge in [0.2, 0.25) is 5.91 Å². The smallest absolute Gasteiger partial charge is 0.355 e. The fourth-order valence-electron chi connectivity index (χ4n) is 4.71. The summed E-state index contributed by atoms with van der Waals surface area (Å²) in [4.78, 5) is 26.6. The van der Waals surface area contributed by atoms with Crippen LogP contribution >= 0.6 is 0 Å². The van der Waals surface area contributed by atoms with Crippen molar-refractivity contribution in [3.05, 3.63) is 70.5 Å². The average molecular weight is 508 g/mol. The van der Waals surface area contributed by atoms with Crippen molar-refractivity contribution in [1.82, 2.24) is 15.5 Å². The first-order valence-electron chi connectivity index (χ1n) is 12.0. The second-order valence-electron chi connectivity index (χ2n) is 9.78. The molecule has 0 bridgehead atoms. The number of carbonyl (C=O) groups excluding carboxylic acids is 2. The van der Waals surface area contributed by atoms with Crippen LogP contribution in [-0.2, 0) is 11.2 Å². The molecule has 0 saturated heterocycles. The number of likely N-dealkylation sites (N-methyl/N-ethyl adjacent to an activating group) is 1. The Bertz CT molecular complexity index is 1080. The number of hydrogen-bond acceptors (Lipinski definition) is 3. The van der Waals surface area contributed by atoms with Gasteiger partial charge in [-0.05, 0) is 69.1 Å². The molecule has 1 aliphatic carbocycles. The number of halogens is 4. The van der Waals surface area contributed by atoms with Crippen molar-refractivity contribution in [2.75, 3.05) is 27.7 Å². The highest BCUT2D eigenvalue weighted by Gasteiger charge is 2.67. The lowest BCUT2D eigenvalue weighted by Crippen LogP contribution is -2.43. The summed E-state index contributed by atoms with van der Waals surface area (Å²) < 4.78 is 56.3. The summed E-state index contributed by atoms with van der Waals surface area (Å²) in [7, 11) is 5.06. The highest BCUT2D eigenvalue weighted by molar-refractivity contribution is 5.94. The molecule has 5 nitrogen and oxygen atoms in total. The highest BCUT2D eigenvalue weighted by Crippen LogP contribution is 2.66. The minimum absolute atomic E-state index is 0.0144. The Hall–Kier alpha value is -2.94. The SMILES string of the molecule is CNC(=O)c1cc(C)c(C[C@@H](CNC(=O)C[C@H](c2ccccc2)C2(C(F)(F)F)CC2)N(C)C)cc1F. The van der Waals surface area contributed by atoms with Gasteiger partial charge in [-0.3, -0.25) is 9.59 Å². The minimum Gasteiger partial charge on any atom is -0.355 e. The zero-order chi connectivity index (χ0) is 26.7. The van der Waals surface area contributed by atoms with Gasteiger partial charge < -0.3 is 15.5 Å². The molecule has 2 aromatic carbocycles. The molecule has 3 rings (SSSR count). The zero-order valence-corrected chi connectivity index (χ0v) is 21.0. The van der Waals surface area contributed by atoms with E-state index in [9.17, 15) is 27.2 Å². The molecule has 0 aromatic heterocycles. The quantitative estimate of drug-likeness (QED) is 0.462. The Morgan fingerprint density at radius 1 is 1.11 bits per heavy atom. The normalized spacial score (nSPS) is 16.4. The van der Waals surface area contributed by atoms with Crippen molar-refractivity contribution in [2.45, 2.75) is 50.7 Å². The monoisotopic (exact) mass is 507 g/mol. The first-order valence-corrected chi connectivity index (χ1v) is 12.0. The van der Waals surface area contributed by atoms with Gasteiger partial charge in [0.05, 0.1) is 11.0 Å². The molecule has 1 aliphatic rings. The van der Waals surface area contributed by atoms with Gasteiger partial charge in [-0.1, -0.05) is 30.3 Å². The summed E-state index contributed by atoms with van der Waals surface area (Å²) in [6.45, 7) is 1.97. The molecule has 2 atom stereocenters. The van der Waals surface area contributed by atoms with E-state index in [1.165, 1.54) is 19.2 Å². The lowest BCUT2D eigenvalue weighted by atomic mass is 9.80. The second-order valence-corrected chi connectivity index (χ2v) is 9.78. The van der Waals surface area contributed by atoms with Crippen LogP contribution in [0.3, 0.4) is 0 Å². The maximum Gasteiger partial charge on any atom is 0.395 e. The average Bonchev–Trinajstić information content (AvgIpc) is 3.64. The molecule has 0 radical (unpaired) electrons. The van der Waals surface area contributed by atoms with E-state index >= 15 is 0 Å². The van der Waals surface area contributed by atoms with E-state index in [0.29, 0.717) is 17.5 Å². The van der Waals surface area contributed by atoms with Gasteiger partial charge in [0.1, 0.15) is 5.82 Å². The van der Waals surface area contributed by atoms with Gasteiger partial charge in [-0.15, -0.1) is 0 Å². The molecule has 0 heterocycles. The summed E-state index contributed by atoms with van der Waals surface area (Å²) in [6, 6.07) is 11.0. The predicted octanol–water partition coefficient (Wildman–Crippen LogP) is 4.60. The lowest BCUT2D eigenvalue weighted by Gasteiger charge is -2.30. The van der Waals surface area contributed by atoms with Crippen LogP contribution in [-0.4, -0.2) is 56.6 Å². The van der Waals surface area contributed by atoms with Crippen molar-refractivity contribution in [3.63, 3.8) is 0 Å². The molecule has 9 heteroatoms. The number of nitrogens with zero attached hydrogens (tertiary/aromatic N) is 1. The van der Waals surface area contributed by atoms with Crippen LogP contribution in [0.15, 0.2) is 42.5 Å². The molecule has 1 fully saturated rings. The van der Waals surface area contributed by atoms with Gasteiger partial charge in [-0.2, -0.15) is 13.2 Å². The van der Waals surface area contributed by atoms with Gasteiger partial charge >= 0.3 is 6.18 Å². The van der Waals surface area contributed by atoms with E-state index < -0.39 is 35.1 Å². The van der Waals surface area contributed by atoms with Crippen molar-refractivity contribution in [1.29, 1.82) is 0 Å². The molecule has 2 aromatic rings. The number of carbonyl (C=O) groups is 2. The Kier molecular flexibility index (Phi) is 8.44. The largest absolute Gasteiger partial charge is 0.395 e. The summed E-state index contributed by atoms with van der Waals surface area (Å²) >= 11 is 0. The molecule has 1 saturated carbocycles. The van der Waals surface area contributed by atoms with E-state index in [-0.39, 0.29) is 37.4 Å². The van der Waals surface area contributed by atoms with E-state index in [0.717, 1.165) is 5.56 Å². The molecule has 2 amide bonds. The zero-order valence-electron chi connectivity index (χ0n) is 21.0. The molecule has 0 unspecified atom stereocenters. The van der Waals surface area contributed by atoms with Crippen LogP contribution in [0.5, 0.6) is 0 Å². The van der Waals surface area contributed by atoms with Crippen molar-refractivity contribution in [2.24, 2.45) is 5.41 Å². The predicted molar refractivity (Wildman–Crippen MR) is 130 cm³/mol. The molecule has 36 heavy (non-hydrogen) atoms. The fraction of sp³-hybridized carbons (Fsp3) is 0.481. The molecular weight excluding hydrogens is 474 g/mol. The van der Waals surface area contributed by atoms with Gasteiger partial charge in [0.15, 0.2) is 0 Å². The van der Waals surface area contributed by atoms with Crippen molar-refractivity contribution >= 4 is 11.8 Å².